The van der Waals surface area contributed by atoms with E-state index in [1.807, 2.05) is 35.6 Å². The molecular formula is C7H5FI2. The Morgan fingerprint density at radius 2 is 1.90 bits per heavy atom. The van der Waals surface area contributed by atoms with Crippen LogP contribution in [-0.2, 0) is 0 Å². The summed E-state index contributed by atoms with van der Waals surface area (Å²) >= 11 is 4.13. The van der Waals surface area contributed by atoms with E-state index in [-0.39, 0.29) is 5.82 Å². The van der Waals surface area contributed by atoms with Gasteiger partial charge in [-0.3, -0.25) is 0 Å². The molecule has 0 nitrogen and oxygen atoms in total. The second-order valence-electron chi connectivity index (χ2n) is 2.04. The fourth-order valence-electron chi connectivity index (χ4n) is 0.682. The Balaban J connectivity index is 3.31. The van der Waals surface area contributed by atoms with Gasteiger partial charge in [0.05, 0.1) is 3.57 Å². The van der Waals surface area contributed by atoms with Crippen molar-refractivity contribution >= 4 is 45.2 Å². The molecule has 0 fully saturated rings. The van der Waals surface area contributed by atoms with Gasteiger partial charge >= 0.3 is 0 Å². The third kappa shape index (κ3) is 1.81. The first-order valence-corrected chi connectivity index (χ1v) is 4.88. The molecule has 3 heteroatoms. The van der Waals surface area contributed by atoms with Crippen molar-refractivity contribution in [2.24, 2.45) is 0 Å². The third-order valence-corrected chi connectivity index (χ3v) is 4.11. The number of benzene rings is 1. The summed E-state index contributed by atoms with van der Waals surface area (Å²) in [5.74, 6) is -0.120. The summed E-state index contributed by atoms with van der Waals surface area (Å²) < 4.78 is 14.5. The van der Waals surface area contributed by atoms with Gasteiger partial charge in [-0.15, -0.1) is 0 Å². The molecule has 0 aliphatic rings. The molecule has 0 aliphatic carbocycles. The molecule has 0 atom stereocenters. The normalized spacial score (nSPS) is 10.0. The van der Waals surface area contributed by atoms with Crippen LogP contribution in [0.15, 0.2) is 12.1 Å². The Hall–Kier alpha value is 0.610. The Morgan fingerprint density at radius 3 is 2.40 bits per heavy atom. The van der Waals surface area contributed by atoms with Crippen LogP contribution >= 0.6 is 45.2 Å². The van der Waals surface area contributed by atoms with Gasteiger partial charge in [-0.25, -0.2) is 4.39 Å². The maximum Gasteiger partial charge on any atom is 0.137 e. The minimum atomic E-state index is -0.120. The standard InChI is InChI=1S/C7H5FI2/c1-4-2-5(8)7(10)6(9)3-4/h2-3H,1H3. The van der Waals surface area contributed by atoms with Gasteiger partial charge in [0.2, 0.25) is 0 Å². The molecule has 0 N–H and O–H groups in total. The van der Waals surface area contributed by atoms with Gasteiger partial charge in [0.1, 0.15) is 5.82 Å². The summed E-state index contributed by atoms with van der Waals surface area (Å²) in [6.45, 7) is 1.89. The molecule has 0 bridgehead atoms. The quantitative estimate of drug-likeness (QED) is 0.491. The lowest BCUT2D eigenvalue weighted by molar-refractivity contribution is 0.618. The smallest absolute Gasteiger partial charge is 0.137 e. The Bertz CT molecular complexity index is 235. The SMILES string of the molecule is Cc1cc(F)c(I)c(I)c1. The lowest BCUT2D eigenvalue weighted by atomic mass is 10.2. The van der Waals surface area contributed by atoms with Crippen LogP contribution in [0.2, 0.25) is 0 Å². The number of hydrogen-bond acceptors (Lipinski definition) is 0. The molecule has 0 aliphatic heterocycles. The van der Waals surface area contributed by atoms with Gasteiger partial charge in [-0.1, -0.05) is 0 Å². The number of rotatable bonds is 0. The van der Waals surface area contributed by atoms with Crippen LogP contribution in [0, 0.1) is 19.9 Å². The number of halogens is 3. The first kappa shape index (κ1) is 8.70. The number of hydrogen-bond donors (Lipinski definition) is 0. The van der Waals surface area contributed by atoms with Crippen LogP contribution in [0.5, 0.6) is 0 Å². The fourth-order valence-corrected chi connectivity index (χ4v) is 1.74. The number of aryl methyl sites for hydroxylation is 1. The topological polar surface area (TPSA) is 0 Å². The summed E-state index contributed by atoms with van der Waals surface area (Å²) in [6.07, 6.45) is 0. The summed E-state index contributed by atoms with van der Waals surface area (Å²) in [5, 5.41) is 0. The van der Waals surface area contributed by atoms with Crippen molar-refractivity contribution in [3.63, 3.8) is 0 Å². The average Bonchev–Trinajstić information content (AvgIpc) is 1.82. The molecule has 54 valence electrons. The molecular weight excluding hydrogens is 357 g/mol. The molecule has 1 aromatic carbocycles. The van der Waals surface area contributed by atoms with Crippen molar-refractivity contribution in [3.8, 4) is 0 Å². The van der Waals surface area contributed by atoms with Gasteiger partial charge in [-0.05, 0) is 69.8 Å². The first-order valence-electron chi connectivity index (χ1n) is 2.72. The molecule has 1 aromatic rings. The van der Waals surface area contributed by atoms with Gasteiger partial charge in [0.15, 0.2) is 0 Å². The lowest BCUT2D eigenvalue weighted by Gasteiger charge is -1.98. The van der Waals surface area contributed by atoms with Crippen molar-refractivity contribution < 1.29 is 4.39 Å². The van der Waals surface area contributed by atoms with E-state index in [9.17, 15) is 4.39 Å². The molecule has 0 unspecified atom stereocenters. The molecule has 0 radical (unpaired) electrons. The second-order valence-corrected chi connectivity index (χ2v) is 4.28. The van der Waals surface area contributed by atoms with Crippen molar-refractivity contribution in [2.45, 2.75) is 6.92 Å². The van der Waals surface area contributed by atoms with Gasteiger partial charge < -0.3 is 0 Å². The van der Waals surface area contributed by atoms with Crippen LogP contribution < -0.4 is 0 Å². The zero-order chi connectivity index (χ0) is 7.72. The molecule has 0 spiro atoms. The second kappa shape index (κ2) is 3.34. The highest BCUT2D eigenvalue weighted by Crippen LogP contribution is 2.19. The third-order valence-electron chi connectivity index (χ3n) is 1.13. The van der Waals surface area contributed by atoms with Crippen molar-refractivity contribution in [2.75, 3.05) is 0 Å². The maximum absolute atomic E-state index is 12.8. The minimum absolute atomic E-state index is 0.120. The van der Waals surface area contributed by atoms with Crippen LogP contribution in [0.25, 0.3) is 0 Å². The van der Waals surface area contributed by atoms with E-state index < -0.39 is 0 Å². The predicted molar refractivity (Wildman–Crippen MR) is 56.6 cm³/mol. The molecule has 1 rings (SSSR count). The van der Waals surface area contributed by atoms with E-state index >= 15 is 0 Å². The van der Waals surface area contributed by atoms with Crippen molar-refractivity contribution in [1.82, 2.24) is 0 Å². The highest BCUT2D eigenvalue weighted by atomic mass is 127. The van der Waals surface area contributed by atoms with Crippen LogP contribution in [0.3, 0.4) is 0 Å². The Kier molecular flexibility index (Phi) is 2.91. The first-order chi connectivity index (χ1) is 4.61. The Labute approximate surface area is 86.5 Å². The molecule has 0 saturated heterocycles. The highest BCUT2D eigenvalue weighted by Gasteiger charge is 2.02. The molecule has 10 heavy (non-hydrogen) atoms. The highest BCUT2D eigenvalue weighted by molar-refractivity contribution is 14.1. The van der Waals surface area contributed by atoms with Crippen molar-refractivity contribution in [3.05, 3.63) is 30.7 Å². The largest absolute Gasteiger partial charge is 0.206 e. The summed E-state index contributed by atoms with van der Waals surface area (Å²) in [4.78, 5) is 0. The maximum atomic E-state index is 12.8. The van der Waals surface area contributed by atoms with Crippen LogP contribution in [0.1, 0.15) is 5.56 Å². The van der Waals surface area contributed by atoms with Crippen LogP contribution in [-0.4, -0.2) is 0 Å². The predicted octanol–water partition coefficient (Wildman–Crippen LogP) is 3.34. The molecule has 0 saturated carbocycles. The van der Waals surface area contributed by atoms with Crippen molar-refractivity contribution in [1.29, 1.82) is 0 Å². The molecule has 0 aromatic heterocycles. The van der Waals surface area contributed by atoms with Gasteiger partial charge in [0, 0.05) is 3.57 Å². The van der Waals surface area contributed by atoms with E-state index in [0.717, 1.165) is 9.13 Å². The summed E-state index contributed by atoms with van der Waals surface area (Å²) in [7, 11) is 0. The van der Waals surface area contributed by atoms with E-state index in [1.54, 1.807) is 6.07 Å². The summed E-state index contributed by atoms with van der Waals surface area (Å²) in [5.41, 5.74) is 0.974. The fraction of sp³-hybridized carbons (Fsp3) is 0.143. The van der Waals surface area contributed by atoms with Gasteiger partial charge in [0.25, 0.3) is 0 Å². The summed E-state index contributed by atoms with van der Waals surface area (Å²) in [6, 6.07) is 3.51. The molecule has 0 amide bonds. The van der Waals surface area contributed by atoms with E-state index in [2.05, 4.69) is 22.6 Å². The minimum Gasteiger partial charge on any atom is -0.206 e. The van der Waals surface area contributed by atoms with E-state index in [1.165, 1.54) is 0 Å². The lowest BCUT2D eigenvalue weighted by Crippen LogP contribution is -1.87. The van der Waals surface area contributed by atoms with Crippen LogP contribution in [0.4, 0.5) is 4.39 Å². The zero-order valence-corrected chi connectivity index (χ0v) is 9.60. The van der Waals surface area contributed by atoms with E-state index in [0.29, 0.717) is 3.57 Å². The molecule has 0 heterocycles. The monoisotopic (exact) mass is 362 g/mol. The average molecular weight is 362 g/mol. The zero-order valence-electron chi connectivity index (χ0n) is 5.29. The van der Waals surface area contributed by atoms with E-state index in [4.69, 9.17) is 0 Å². The van der Waals surface area contributed by atoms with Gasteiger partial charge in [-0.2, -0.15) is 0 Å². The Morgan fingerprint density at radius 1 is 1.30 bits per heavy atom.